The highest BCUT2D eigenvalue weighted by molar-refractivity contribution is 5.43. The van der Waals surface area contributed by atoms with Crippen LogP contribution in [0.2, 0.25) is 0 Å². The van der Waals surface area contributed by atoms with Crippen molar-refractivity contribution in [3.05, 3.63) is 29.8 Å². The SMILES string of the molecule is CN=Nc1ccccc1C. The van der Waals surface area contributed by atoms with Gasteiger partial charge in [0.1, 0.15) is 0 Å². The third kappa shape index (κ3) is 1.41. The van der Waals surface area contributed by atoms with Crippen molar-refractivity contribution in [2.24, 2.45) is 10.2 Å². The standard InChI is InChI=1S/C8H10N2/c1-7-5-3-4-6-8(7)10-9-2/h3-6H,1-2H3. The van der Waals surface area contributed by atoms with Crippen LogP contribution in [0.1, 0.15) is 5.56 Å². The average Bonchev–Trinajstić information content (AvgIpc) is 1.94. The minimum atomic E-state index is 0.949. The Kier molecular flexibility index (Phi) is 2.15. The lowest BCUT2D eigenvalue weighted by Gasteiger charge is -1.94. The third-order valence-corrected chi connectivity index (χ3v) is 1.32. The molecule has 0 saturated carbocycles. The predicted octanol–water partition coefficient (Wildman–Crippen LogP) is 2.71. The predicted molar refractivity (Wildman–Crippen MR) is 41.6 cm³/mol. The molecule has 1 aromatic carbocycles. The molecule has 10 heavy (non-hydrogen) atoms. The Bertz CT molecular complexity index is 241. The molecule has 2 nitrogen and oxygen atoms in total. The summed E-state index contributed by atoms with van der Waals surface area (Å²) in [5, 5.41) is 7.62. The van der Waals surface area contributed by atoms with Gasteiger partial charge in [-0.15, -0.1) is 0 Å². The van der Waals surface area contributed by atoms with Crippen LogP contribution in [0.15, 0.2) is 34.5 Å². The van der Waals surface area contributed by atoms with E-state index in [1.54, 1.807) is 7.05 Å². The Morgan fingerprint density at radius 2 is 1.90 bits per heavy atom. The zero-order valence-electron chi connectivity index (χ0n) is 6.20. The number of aryl methyl sites for hydroxylation is 1. The minimum Gasteiger partial charge on any atom is -0.192 e. The van der Waals surface area contributed by atoms with Gasteiger partial charge in [-0.25, -0.2) is 0 Å². The summed E-state index contributed by atoms with van der Waals surface area (Å²) in [7, 11) is 1.67. The highest BCUT2D eigenvalue weighted by Crippen LogP contribution is 2.16. The minimum absolute atomic E-state index is 0.949. The molecular weight excluding hydrogens is 124 g/mol. The highest BCUT2D eigenvalue weighted by Gasteiger charge is 1.90. The molecule has 1 rings (SSSR count). The van der Waals surface area contributed by atoms with Crippen molar-refractivity contribution >= 4 is 5.69 Å². The lowest BCUT2D eigenvalue weighted by molar-refractivity contribution is 1.15. The summed E-state index contributed by atoms with van der Waals surface area (Å²) in [6, 6.07) is 7.91. The van der Waals surface area contributed by atoms with Crippen LogP contribution in [0.3, 0.4) is 0 Å². The van der Waals surface area contributed by atoms with E-state index >= 15 is 0 Å². The molecule has 0 unspecified atom stereocenters. The molecule has 0 saturated heterocycles. The zero-order chi connectivity index (χ0) is 7.40. The van der Waals surface area contributed by atoms with Gasteiger partial charge in [-0.05, 0) is 18.6 Å². The van der Waals surface area contributed by atoms with Crippen molar-refractivity contribution < 1.29 is 0 Å². The lowest BCUT2D eigenvalue weighted by atomic mass is 10.2. The molecule has 0 aliphatic carbocycles. The summed E-state index contributed by atoms with van der Waals surface area (Å²) < 4.78 is 0. The van der Waals surface area contributed by atoms with Crippen LogP contribution in [0.5, 0.6) is 0 Å². The van der Waals surface area contributed by atoms with Gasteiger partial charge >= 0.3 is 0 Å². The molecule has 0 atom stereocenters. The summed E-state index contributed by atoms with van der Waals surface area (Å²) >= 11 is 0. The Balaban J connectivity index is 3.03. The Hall–Kier alpha value is -1.18. The van der Waals surface area contributed by atoms with E-state index in [2.05, 4.69) is 10.2 Å². The second kappa shape index (κ2) is 3.11. The van der Waals surface area contributed by atoms with Crippen LogP contribution in [0, 0.1) is 6.92 Å². The third-order valence-electron chi connectivity index (χ3n) is 1.32. The van der Waals surface area contributed by atoms with Crippen molar-refractivity contribution in [3.8, 4) is 0 Å². The van der Waals surface area contributed by atoms with Gasteiger partial charge in [0.25, 0.3) is 0 Å². The van der Waals surface area contributed by atoms with E-state index < -0.39 is 0 Å². The van der Waals surface area contributed by atoms with Crippen LogP contribution in [-0.2, 0) is 0 Å². The maximum Gasteiger partial charge on any atom is 0.0881 e. The highest BCUT2D eigenvalue weighted by atomic mass is 15.1. The van der Waals surface area contributed by atoms with E-state index in [1.165, 1.54) is 0 Å². The second-order valence-corrected chi connectivity index (χ2v) is 2.09. The first-order valence-corrected chi connectivity index (χ1v) is 3.20. The maximum absolute atomic E-state index is 3.93. The van der Waals surface area contributed by atoms with Crippen molar-refractivity contribution in [1.29, 1.82) is 0 Å². The summed E-state index contributed by atoms with van der Waals surface area (Å²) in [5.41, 5.74) is 2.11. The number of azo groups is 1. The first kappa shape index (κ1) is 6.93. The summed E-state index contributed by atoms with van der Waals surface area (Å²) in [5.74, 6) is 0. The molecule has 0 amide bonds. The normalized spacial score (nSPS) is 10.6. The topological polar surface area (TPSA) is 24.7 Å². The Labute approximate surface area is 60.6 Å². The average molecular weight is 134 g/mol. The van der Waals surface area contributed by atoms with E-state index in [0.717, 1.165) is 11.3 Å². The van der Waals surface area contributed by atoms with Gasteiger partial charge in [-0.3, -0.25) is 0 Å². The molecule has 0 aromatic heterocycles. The van der Waals surface area contributed by atoms with E-state index in [1.807, 2.05) is 31.2 Å². The van der Waals surface area contributed by atoms with Crippen molar-refractivity contribution in [2.75, 3.05) is 7.05 Å². The van der Waals surface area contributed by atoms with Crippen LogP contribution in [0.25, 0.3) is 0 Å². The molecule has 52 valence electrons. The van der Waals surface area contributed by atoms with Gasteiger partial charge in [0, 0.05) is 7.05 Å². The fourth-order valence-electron chi connectivity index (χ4n) is 0.783. The summed E-state index contributed by atoms with van der Waals surface area (Å²) in [6.45, 7) is 2.02. The fourth-order valence-corrected chi connectivity index (χ4v) is 0.783. The van der Waals surface area contributed by atoms with E-state index in [0.29, 0.717) is 0 Å². The molecular formula is C8H10N2. The van der Waals surface area contributed by atoms with E-state index in [9.17, 15) is 0 Å². The van der Waals surface area contributed by atoms with Gasteiger partial charge in [-0.1, -0.05) is 18.2 Å². The van der Waals surface area contributed by atoms with Crippen LogP contribution >= 0.6 is 0 Å². The van der Waals surface area contributed by atoms with E-state index in [4.69, 9.17) is 0 Å². The molecule has 1 aromatic rings. The first-order valence-electron chi connectivity index (χ1n) is 3.20. The number of nitrogens with zero attached hydrogens (tertiary/aromatic N) is 2. The second-order valence-electron chi connectivity index (χ2n) is 2.09. The fraction of sp³-hybridized carbons (Fsp3) is 0.250. The summed E-state index contributed by atoms with van der Waals surface area (Å²) in [6.07, 6.45) is 0. The summed E-state index contributed by atoms with van der Waals surface area (Å²) in [4.78, 5) is 0. The molecule has 0 bridgehead atoms. The van der Waals surface area contributed by atoms with Crippen LogP contribution in [0.4, 0.5) is 5.69 Å². The van der Waals surface area contributed by atoms with Gasteiger partial charge in [0.2, 0.25) is 0 Å². The first-order chi connectivity index (χ1) is 4.84. The maximum atomic E-state index is 3.93. The van der Waals surface area contributed by atoms with Gasteiger partial charge in [0.15, 0.2) is 0 Å². The molecule has 0 fully saturated rings. The number of benzene rings is 1. The lowest BCUT2D eigenvalue weighted by Crippen LogP contribution is -1.69. The molecule has 0 heterocycles. The van der Waals surface area contributed by atoms with Crippen LogP contribution < -0.4 is 0 Å². The van der Waals surface area contributed by atoms with E-state index in [-0.39, 0.29) is 0 Å². The smallest absolute Gasteiger partial charge is 0.0881 e. The monoisotopic (exact) mass is 134 g/mol. The van der Waals surface area contributed by atoms with Crippen LogP contribution in [-0.4, -0.2) is 7.05 Å². The zero-order valence-corrected chi connectivity index (χ0v) is 6.20. The molecule has 2 heteroatoms. The number of rotatable bonds is 1. The largest absolute Gasteiger partial charge is 0.192 e. The van der Waals surface area contributed by atoms with Crippen molar-refractivity contribution in [3.63, 3.8) is 0 Å². The molecule has 0 aliphatic heterocycles. The molecule has 0 spiro atoms. The molecule has 0 radical (unpaired) electrons. The van der Waals surface area contributed by atoms with Gasteiger partial charge in [0.05, 0.1) is 5.69 Å². The van der Waals surface area contributed by atoms with Crippen molar-refractivity contribution in [2.45, 2.75) is 6.92 Å². The Morgan fingerprint density at radius 1 is 1.20 bits per heavy atom. The number of hydrogen-bond acceptors (Lipinski definition) is 2. The molecule has 0 N–H and O–H groups in total. The van der Waals surface area contributed by atoms with Gasteiger partial charge < -0.3 is 0 Å². The Morgan fingerprint density at radius 3 is 2.50 bits per heavy atom. The molecule has 0 aliphatic rings. The van der Waals surface area contributed by atoms with Crippen molar-refractivity contribution in [1.82, 2.24) is 0 Å². The van der Waals surface area contributed by atoms with Gasteiger partial charge in [-0.2, -0.15) is 10.2 Å². The quantitative estimate of drug-likeness (QED) is 0.527. The number of hydrogen-bond donors (Lipinski definition) is 0.